The second kappa shape index (κ2) is 4.20. The van der Waals surface area contributed by atoms with Crippen molar-refractivity contribution in [3.8, 4) is 0 Å². The molecule has 1 aliphatic carbocycles. The van der Waals surface area contributed by atoms with Crippen molar-refractivity contribution >= 4 is 5.82 Å². The number of anilines is 1. The lowest BCUT2D eigenvalue weighted by Gasteiger charge is -2.53. The topological polar surface area (TPSA) is 25.4 Å². The molecule has 1 aromatic rings. The highest BCUT2D eigenvalue weighted by atomic mass is 16.5. The van der Waals surface area contributed by atoms with E-state index < -0.39 is 0 Å². The van der Waals surface area contributed by atoms with Gasteiger partial charge in [0.25, 0.3) is 0 Å². The molecule has 3 nitrogen and oxygen atoms in total. The van der Waals surface area contributed by atoms with Crippen LogP contribution in [0.4, 0.5) is 5.82 Å². The fraction of sp³-hybridized carbons (Fsp3) is 0.688. The Hall–Kier alpha value is -1.09. The number of aromatic nitrogens is 1. The molecule has 0 amide bonds. The van der Waals surface area contributed by atoms with Crippen LogP contribution in [0.5, 0.6) is 0 Å². The fourth-order valence-electron chi connectivity index (χ4n) is 3.59. The van der Waals surface area contributed by atoms with Crippen molar-refractivity contribution in [2.45, 2.75) is 38.5 Å². The maximum Gasteiger partial charge on any atom is 0.131 e. The van der Waals surface area contributed by atoms with E-state index in [-0.39, 0.29) is 0 Å². The summed E-state index contributed by atoms with van der Waals surface area (Å²) >= 11 is 0. The summed E-state index contributed by atoms with van der Waals surface area (Å²) in [4.78, 5) is 7.19. The zero-order valence-electron chi connectivity index (χ0n) is 11.7. The Morgan fingerprint density at radius 2 is 2.00 bits per heavy atom. The minimum absolute atomic E-state index is 0.529. The van der Waals surface area contributed by atoms with Crippen LogP contribution >= 0.6 is 0 Å². The summed E-state index contributed by atoms with van der Waals surface area (Å²) in [7, 11) is 0. The molecule has 0 radical (unpaired) electrons. The van der Waals surface area contributed by atoms with Crippen LogP contribution < -0.4 is 4.90 Å². The highest BCUT2D eigenvalue weighted by molar-refractivity contribution is 5.51. The second-order valence-electron chi connectivity index (χ2n) is 6.65. The van der Waals surface area contributed by atoms with E-state index in [4.69, 9.17) is 9.72 Å². The summed E-state index contributed by atoms with van der Waals surface area (Å²) in [6.45, 7) is 6.45. The lowest BCUT2D eigenvalue weighted by atomic mass is 9.73. The quantitative estimate of drug-likeness (QED) is 0.815. The monoisotopic (exact) mass is 258 g/mol. The minimum atomic E-state index is 0.529. The summed E-state index contributed by atoms with van der Waals surface area (Å²) in [6, 6.07) is 2.36. The molecule has 2 saturated heterocycles. The van der Waals surface area contributed by atoms with Gasteiger partial charge in [0.15, 0.2) is 0 Å². The van der Waals surface area contributed by atoms with Gasteiger partial charge in [-0.25, -0.2) is 4.98 Å². The molecule has 19 heavy (non-hydrogen) atoms. The zero-order valence-corrected chi connectivity index (χ0v) is 11.7. The van der Waals surface area contributed by atoms with Crippen molar-refractivity contribution in [2.24, 2.45) is 5.41 Å². The van der Waals surface area contributed by atoms with Gasteiger partial charge in [-0.2, -0.15) is 0 Å². The van der Waals surface area contributed by atoms with E-state index in [9.17, 15) is 0 Å². The van der Waals surface area contributed by atoms with Gasteiger partial charge < -0.3 is 9.64 Å². The molecule has 0 aromatic carbocycles. The van der Waals surface area contributed by atoms with Gasteiger partial charge in [-0.1, -0.05) is 6.07 Å². The summed E-state index contributed by atoms with van der Waals surface area (Å²) in [5.74, 6) is 2.01. The van der Waals surface area contributed by atoms with Crippen molar-refractivity contribution in [2.75, 3.05) is 31.2 Å². The van der Waals surface area contributed by atoms with Crippen molar-refractivity contribution in [3.63, 3.8) is 0 Å². The average Bonchev–Trinajstić information content (AvgIpc) is 3.21. The number of ether oxygens (including phenoxy) is 1. The van der Waals surface area contributed by atoms with E-state index in [0.717, 1.165) is 19.1 Å². The number of hydrogen-bond acceptors (Lipinski definition) is 3. The van der Waals surface area contributed by atoms with Crippen molar-refractivity contribution < 1.29 is 4.74 Å². The number of nitrogens with zero attached hydrogens (tertiary/aromatic N) is 2. The maximum absolute atomic E-state index is 5.48. The Morgan fingerprint density at radius 1 is 1.26 bits per heavy atom. The second-order valence-corrected chi connectivity index (χ2v) is 6.65. The van der Waals surface area contributed by atoms with Crippen LogP contribution in [0.15, 0.2) is 12.3 Å². The predicted octanol–water partition coefficient (Wildman–Crippen LogP) is 2.88. The lowest BCUT2D eigenvalue weighted by molar-refractivity contribution is -0.000490. The van der Waals surface area contributed by atoms with Crippen molar-refractivity contribution in [1.29, 1.82) is 0 Å². The van der Waals surface area contributed by atoms with Crippen molar-refractivity contribution in [1.82, 2.24) is 4.98 Å². The normalized spacial score (nSPS) is 25.4. The van der Waals surface area contributed by atoms with Gasteiger partial charge in [-0.3, -0.25) is 0 Å². The molecule has 3 fully saturated rings. The number of pyridine rings is 1. The molecule has 0 N–H and O–H groups in total. The molecule has 2 aliphatic heterocycles. The Labute approximate surface area is 115 Å². The van der Waals surface area contributed by atoms with E-state index in [0.29, 0.717) is 5.41 Å². The summed E-state index contributed by atoms with van der Waals surface area (Å²) in [6.07, 6.45) is 7.26. The summed E-state index contributed by atoms with van der Waals surface area (Å²) < 4.78 is 5.48. The number of rotatable bonds is 2. The maximum atomic E-state index is 5.48. The molecule has 3 aliphatic rings. The van der Waals surface area contributed by atoms with E-state index in [1.54, 1.807) is 0 Å². The number of hydrogen-bond donors (Lipinski definition) is 0. The van der Waals surface area contributed by atoms with Gasteiger partial charge in [0.1, 0.15) is 5.82 Å². The first-order valence-corrected chi connectivity index (χ1v) is 7.55. The highest BCUT2D eigenvalue weighted by Gasteiger charge is 2.44. The van der Waals surface area contributed by atoms with Crippen LogP contribution in [0.2, 0.25) is 0 Å². The van der Waals surface area contributed by atoms with Crippen LogP contribution in [-0.4, -0.2) is 31.3 Å². The molecule has 3 heteroatoms. The average molecular weight is 258 g/mol. The van der Waals surface area contributed by atoms with Gasteiger partial charge in [-0.15, -0.1) is 0 Å². The molecule has 0 atom stereocenters. The smallest absolute Gasteiger partial charge is 0.131 e. The van der Waals surface area contributed by atoms with Gasteiger partial charge in [0.2, 0.25) is 0 Å². The first-order chi connectivity index (χ1) is 9.26. The Kier molecular flexibility index (Phi) is 2.59. The van der Waals surface area contributed by atoms with Gasteiger partial charge in [0, 0.05) is 37.9 Å². The molecule has 102 valence electrons. The molecule has 3 heterocycles. The molecule has 0 bridgehead atoms. The molecular formula is C16H22N2O. The lowest BCUT2D eigenvalue weighted by Crippen LogP contribution is -2.59. The fourth-order valence-corrected chi connectivity index (χ4v) is 3.59. The first kappa shape index (κ1) is 11.7. The van der Waals surface area contributed by atoms with Gasteiger partial charge >= 0.3 is 0 Å². The van der Waals surface area contributed by atoms with Crippen molar-refractivity contribution in [3.05, 3.63) is 23.4 Å². The van der Waals surface area contributed by atoms with E-state index in [1.165, 1.54) is 55.7 Å². The Morgan fingerprint density at radius 3 is 2.63 bits per heavy atom. The molecule has 1 saturated carbocycles. The third-order valence-electron chi connectivity index (χ3n) is 5.03. The molecular weight excluding hydrogens is 236 g/mol. The third kappa shape index (κ3) is 2.04. The SMILES string of the molecule is Cc1cc(C2CC2)cnc1N1CC2(CCOCC2)C1. The minimum Gasteiger partial charge on any atom is -0.381 e. The number of aryl methyl sites for hydroxylation is 1. The largest absolute Gasteiger partial charge is 0.381 e. The Bertz CT molecular complexity index is 482. The van der Waals surface area contributed by atoms with E-state index in [1.807, 2.05) is 0 Å². The van der Waals surface area contributed by atoms with E-state index in [2.05, 4.69) is 24.1 Å². The van der Waals surface area contributed by atoms with Crippen LogP contribution in [0, 0.1) is 12.3 Å². The molecule has 4 rings (SSSR count). The molecule has 1 spiro atoms. The van der Waals surface area contributed by atoms with Crippen LogP contribution in [0.1, 0.15) is 42.7 Å². The molecule has 0 unspecified atom stereocenters. The Balaban J connectivity index is 1.48. The van der Waals surface area contributed by atoms with Crippen LogP contribution in [0.3, 0.4) is 0 Å². The van der Waals surface area contributed by atoms with Crippen LogP contribution in [0.25, 0.3) is 0 Å². The van der Waals surface area contributed by atoms with Crippen LogP contribution in [-0.2, 0) is 4.74 Å². The van der Waals surface area contributed by atoms with Gasteiger partial charge in [-0.05, 0) is 49.7 Å². The summed E-state index contributed by atoms with van der Waals surface area (Å²) in [5.41, 5.74) is 3.33. The summed E-state index contributed by atoms with van der Waals surface area (Å²) in [5, 5.41) is 0. The highest BCUT2D eigenvalue weighted by Crippen LogP contribution is 2.44. The molecule has 1 aromatic heterocycles. The standard InChI is InChI=1S/C16H22N2O/c1-12-8-14(13-2-3-13)9-17-15(12)18-10-16(11-18)4-6-19-7-5-16/h8-9,13H,2-7,10-11H2,1H3. The zero-order chi connectivity index (χ0) is 12.9. The third-order valence-corrected chi connectivity index (χ3v) is 5.03. The van der Waals surface area contributed by atoms with Gasteiger partial charge in [0.05, 0.1) is 0 Å². The predicted molar refractivity (Wildman–Crippen MR) is 75.6 cm³/mol. The van der Waals surface area contributed by atoms with E-state index >= 15 is 0 Å². The first-order valence-electron chi connectivity index (χ1n) is 7.55.